The third-order valence-corrected chi connectivity index (χ3v) is 2.70. The Labute approximate surface area is 81.1 Å². The van der Waals surface area contributed by atoms with Crippen LogP contribution in [-0.4, -0.2) is 11.1 Å². The molecule has 0 fully saturated rings. The fraction of sp³-hybridized carbons (Fsp3) is 0.143. The van der Waals surface area contributed by atoms with Crippen molar-refractivity contribution >= 4 is 25.1 Å². The Morgan fingerprint density at radius 2 is 2.00 bits per heavy atom. The Balaban J connectivity index is 2.76. The highest BCUT2D eigenvalue weighted by Gasteiger charge is 2.08. The summed E-state index contributed by atoms with van der Waals surface area (Å²) in [5.74, 6) is 0. The maximum atomic E-state index is 10.8. The van der Waals surface area contributed by atoms with Gasteiger partial charge >= 0.3 is 7.67 Å². The van der Waals surface area contributed by atoms with Crippen LogP contribution in [0.1, 0.15) is 0 Å². The predicted molar refractivity (Wildman–Crippen MR) is 55.9 cm³/mol. The first-order valence-corrected chi connectivity index (χ1v) is 6.50. The second-order valence-corrected chi connectivity index (χ2v) is 4.81. The van der Waals surface area contributed by atoms with Gasteiger partial charge in [0.05, 0.1) is 0 Å². The minimum Gasteiger partial charge on any atom is -0.318 e. The molecule has 1 aromatic rings. The first-order chi connectivity index (χ1) is 6.01. The molecule has 1 unspecified atom stereocenters. The predicted octanol–water partition coefficient (Wildman–Crippen LogP) is 1.88. The summed E-state index contributed by atoms with van der Waals surface area (Å²) in [6.07, 6.45) is 1.96. The highest BCUT2D eigenvalue weighted by Crippen LogP contribution is 2.31. The summed E-state index contributed by atoms with van der Waals surface area (Å²) in [5, 5.41) is 2.31. The fourth-order valence-corrected chi connectivity index (χ4v) is 1.78. The zero-order valence-electron chi connectivity index (χ0n) is 7.10. The van der Waals surface area contributed by atoms with Crippen molar-refractivity contribution in [1.29, 1.82) is 0 Å². The minimum atomic E-state index is -3.67. The average Bonchev–Trinajstić information content (AvgIpc) is 2.03. The van der Waals surface area contributed by atoms with Crippen LogP contribution < -0.4 is 10.6 Å². The second kappa shape index (κ2) is 4.15. The molecule has 6 heteroatoms. The first kappa shape index (κ1) is 10.6. The van der Waals surface area contributed by atoms with Crippen molar-refractivity contribution in [2.75, 3.05) is 11.3 Å². The minimum absolute atomic E-state index is 0.547. The van der Waals surface area contributed by atoms with Crippen molar-refractivity contribution in [2.45, 2.75) is 4.90 Å². The molecule has 0 bridgehead atoms. The van der Waals surface area contributed by atoms with E-state index in [0.717, 1.165) is 4.90 Å². The summed E-state index contributed by atoms with van der Waals surface area (Å²) in [6, 6.07) is 7.12. The standard InChI is InChI=1S/C7H11N2O2PS/c1-13-7-4-2-6(3-5-7)9-12(8,10)11/h2-5H,1H3,(H4,8,9,10,11). The molecule has 1 aromatic carbocycles. The van der Waals surface area contributed by atoms with Crippen LogP contribution >= 0.6 is 19.4 Å². The van der Waals surface area contributed by atoms with Gasteiger partial charge in [-0.15, -0.1) is 11.8 Å². The van der Waals surface area contributed by atoms with Gasteiger partial charge in [-0.2, -0.15) is 0 Å². The van der Waals surface area contributed by atoms with Crippen LogP contribution in [-0.2, 0) is 4.57 Å². The van der Waals surface area contributed by atoms with E-state index in [4.69, 9.17) is 10.4 Å². The number of rotatable bonds is 3. The average molecular weight is 218 g/mol. The Morgan fingerprint density at radius 3 is 2.38 bits per heavy atom. The maximum Gasteiger partial charge on any atom is 0.360 e. The molecule has 72 valence electrons. The molecule has 0 aliphatic rings. The van der Waals surface area contributed by atoms with E-state index >= 15 is 0 Å². The molecule has 0 spiro atoms. The van der Waals surface area contributed by atoms with E-state index in [1.807, 2.05) is 18.4 Å². The van der Waals surface area contributed by atoms with E-state index in [2.05, 4.69) is 5.09 Å². The van der Waals surface area contributed by atoms with Gasteiger partial charge in [0.1, 0.15) is 0 Å². The number of nitrogens with two attached hydrogens (primary N) is 1. The van der Waals surface area contributed by atoms with Gasteiger partial charge in [0.15, 0.2) is 0 Å². The van der Waals surface area contributed by atoms with Crippen molar-refractivity contribution in [2.24, 2.45) is 5.50 Å². The molecule has 0 radical (unpaired) electrons. The number of nitrogens with one attached hydrogen (secondary N) is 1. The lowest BCUT2D eigenvalue weighted by Gasteiger charge is -2.08. The van der Waals surface area contributed by atoms with E-state index in [0.29, 0.717) is 5.69 Å². The number of benzene rings is 1. The molecular formula is C7H11N2O2PS. The van der Waals surface area contributed by atoms with Gasteiger partial charge in [-0.3, -0.25) is 0 Å². The van der Waals surface area contributed by atoms with Crippen LogP contribution in [0.3, 0.4) is 0 Å². The molecule has 1 atom stereocenters. The highest BCUT2D eigenvalue weighted by atomic mass is 32.2. The Morgan fingerprint density at radius 1 is 1.46 bits per heavy atom. The molecule has 0 aliphatic carbocycles. The summed E-state index contributed by atoms with van der Waals surface area (Å²) >= 11 is 1.60. The largest absolute Gasteiger partial charge is 0.360 e. The second-order valence-electron chi connectivity index (χ2n) is 2.46. The third-order valence-electron chi connectivity index (χ3n) is 1.38. The summed E-state index contributed by atoms with van der Waals surface area (Å²) < 4.78 is 10.8. The smallest absolute Gasteiger partial charge is 0.318 e. The van der Waals surface area contributed by atoms with Gasteiger partial charge in [-0.05, 0) is 30.5 Å². The summed E-state index contributed by atoms with van der Waals surface area (Å²) in [5.41, 5.74) is 5.48. The molecule has 4 nitrogen and oxygen atoms in total. The van der Waals surface area contributed by atoms with Crippen molar-refractivity contribution in [1.82, 2.24) is 0 Å². The van der Waals surface area contributed by atoms with E-state index < -0.39 is 7.67 Å². The number of hydrogen-bond acceptors (Lipinski definition) is 2. The molecule has 1 rings (SSSR count). The Bertz CT molecular complexity index is 322. The zero-order valence-corrected chi connectivity index (χ0v) is 8.81. The number of thioether (sulfide) groups is 1. The monoisotopic (exact) mass is 218 g/mol. The highest BCUT2D eigenvalue weighted by molar-refractivity contribution is 7.98. The van der Waals surface area contributed by atoms with Gasteiger partial charge in [0.25, 0.3) is 0 Å². The molecule has 0 saturated carbocycles. The van der Waals surface area contributed by atoms with Crippen LogP contribution in [0, 0.1) is 0 Å². The quantitative estimate of drug-likeness (QED) is 0.533. The van der Waals surface area contributed by atoms with Gasteiger partial charge in [-0.1, -0.05) is 0 Å². The lowest BCUT2D eigenvalue weighted by molar-refractivity contribution is 0.486. The van der Waals surface area contributed by atoms with Crippen LogP contribution in [0.4, 0.5) is 5.69 Å². The number of hydrogen-bond donors (Lipinski definition) is 3. The maximum absolute atomic E-state index is 10.8. The van der Waals surface area contributed by atoms with Crippen LogP contribution in [0.2, 0.25) is 0 Å². The molecule has 0 heterocycles. The van der Waals surface area contributed by atoms with Gasteiger partial charge in [0, 0.05) is 10.6 Å². The summed E-state index contributed by atoms with van der Waals surface area (Å²) in [4.78, 5) is 9.91. The summed E-state index contributed by atoms with van der Waals surface area (Å²) in [7, 11) is -3.67. The van der Waals surface area contributed by atoms with Gasteiger partial charge < -0.3 is 9.98 Å². The lowest BCUT2D eigenvalue weighted by Crippen LogP contribution is -2.03. The number of anilines is 1. The van der Waals surface area contributed by atoms with Crippen molar-refractivity contribution in [3.8, 4) is 0 Å². The van der Waals surface area contributed by atoms with E-state index in [-0.39, 0.29) is 0 Å². The van der Waals surface area contributed by atoms with E-state index in [1.165, 1.54) is 0 Å². The SMILES string of the molecule is CSc1ccc(NP(N)(=O)O)cc1. The molecule has 0 amide bonds. The van der Waals surface area contributed by atoms with Crippen molar-refractivity contribution in [3.05, 3.63) is 24.3 Å². The Hall–Kier alpha value is -0.480. The van der Waals surface area contributed by atoms with Crippen LogP contribution in [0.5, 0.6) is 0 Å². The fourth-order valence-electron chi connectivity index (χ4n) is 0.851. The van der Waals surface area contributed by atoms with E-state index in [1.54, 1.807) is 23.9 Å². The molecular weight excluding hydrogens is 207 g/mol. The van der Waals surface area contributed by atoms with Crippen LogP contribution in [0.15, 0.2) is 29.2 Å². The molecule has 0 aliphatic heterocycles. The first-order valence-electron chi connectivity index (χ1n) is 3.55. The zero-order chi connectivity index (χ0) is 9.90. The molecule has 0 saturated heterocycles. The van der Waals surface area contributed by atoms with E-state index in [9.17, 15) is 4.57 Å². The summed E-state index contributed by atoms with van der Waals surface area (Å²) in [6.45, 7) is 0. The molecule has 13 heavy (non-hydrogen) atoms. The van der Waals surface area contributed by atoms with Gasteiger partial charge in [-0.25, -0.2) is 10.1 Å². The third kappa shape index (κ3) is 3.83. The Kier molecular flexibility index (Phi) is 3.39. The van der Waals surface area contributed by atoms with Crippen LogP contribution in [0.25, 0.3) is 0 Å². The lowest BCUT2D eigenvalue weighted by atomic mass is 10.3. The normalized spacial score (nSPS) is 15.0. The molecule has 0 aromatic heterocycles. The molecule has 4 N–H and O–H groups in total. The topological polar surface area (TPSA) is 75.3 Å². The van der Waals surface area contributed by atoms with Crippen molar-refractivity contribution < 1.29 is 9.46 Å². The van der Waals surface area contributed by atoms with Gasteiger partial charge in [0.2, 0.25) is 0 Å². The van der Waals surface area contributed by atoms with Crippen molar-refractivity contribution in [3.63, 3.8) is 0 Å².